The van der Waals surface area contributed by atoms with Crippen LogP contribution in [-0.4, -0.2) is 62.1 Å². The van der Waals surface area contributed by atoms with Crippen LogP contribution in [0.2, 0.25) is 0 Å². The van der Waals surface area contributed by atoms with Gasteiger partial charge in [-0.2, -0.15) is 0 Å². The van der Waals surface area contributed by atoms with Crippen LogP contribution in [0.15, 0.2) is 60.4 Å². The molecule has 2 rings (SSSR count). The third-order valence-electron chi connectivity index (χ3n) is 4.96. The lowest BCUT2D eigenvalue weighted by molar-refractivity contribution is -0.116. The van der Waals surface area contributed by atoms with E-state index >= 15 is 0 Å². The molecule has 1 aliphatic heterocycles. The minimum Gasteiger partial charge on any atom is -0.497 e. The molecule has 1 N–H and O–H groups in total. The minimum absolute atomic E-state index is 0.0771. The van der Waals surface area contributed by atoms with E-state index in [1.165, 1.54) is 0 Å². The second-order valence-corrected chi connectivity index (χ2v) is 7.08. The fourth-order valence-corrected chi connectivity index (χ4v) is 3.20. The highest BCUT2D eigenvalue weighted by Crippen LogP contribution is 2.11. The summed E-state index contributed by atoms with van der Waals surface area (Å²) in [6, 6.07) is 7.91. The highest BCUT2D eigenvalue weighted by Gasteiger charge is 2.16. The van der Waals surface area contributed by atoms with Crippen LogP contribution >= 0.6 is 0 Å². The van der Waals surface area contributed by atoms with E-state index in [2.05, 4.69) is 33.8 Å². The summed E-state index contributed by atoms with van der Waals surface area (Å²) >= 11 is 0. The van der Waals surface area contributed by atoms with Gasteiger partial charge in [0, 0.05) is 56.9 Å². The lowest BCUT2D eigenvalue weighted by Gasteiger charge is -2.34. The Morgan fingerprint density at radius 2 is 1.96 bits per heavy atom. The van der Waals surface area contributed by atoms with Crippen LogP contribution in [0, 0.1) is 6.92 Å². The lowest BCUT2D eigenvalue weighted by atomic mass is 10.2. The molecule has 1 amide bonds. The number of hydrogen-bond donors (Lipinski definition) is 1. The fourth-order valence-electron chi connectivity index (χ4n) is 3.20. The number of benzene rings is 1. The van der Waals surface area contributed by atoms with E-state index in [1.54, 1.807) is 7.11 Å². The number of carbonyl (C=O) groups excluding carboxylic acids is 1. The van der Waals surface area contributed by atoms with E-state index in [-0.39, 0.29) is 5.91 Å². The first kappa shape index (κ1) is 21.9. The van der Waals surface area contributed by atoms with E-state index in [4.69, 9.17) is 4.74 Å². The first-order valence-corrected chi connectivity index (χ1v) is 9.89. The summed E-state index contributed by atoms with van der Waals surface area (Å²) in [7, 11) is 1.64. The van der Waals surface area contributed by atoms with Gasteiger partial charge in [0.05, 0.1) is 7.11 Å². The Morgan fingerprint density at radius 3 is 2.61 bits per heavy atom. The Hall–Kier alpha value is -2.37. The maximum absolute atomic E-state index is 12.2. The van der Waals surface area contributed by atoms with Crippen molar-refractivity contribution >= 4 is 11.6 Å². The van der Waals surface area contributed by atoms with E-state index in [0.717, 1.165) is 56.1 Å². The zero-order valence-corrected chi connectivity index (χ0v) is 17.4. The molecule has 1 heterocycles. The molecule has 1 aliphatic rings. The monoisotopic (exact) mass is 383 g/mol. The van der Waals surface area contributed by atoms with Gasteiger partial charge in [-0.3, -0.25) is 9.69 Å². The van der Waals surface area contributed by atoms with Crippen LogP contribution in [0.5, 0.6) is 0 Å². The van der Waals surface area contributed by atoms with Gasteiger partial charge in [0.1, 0.15) is 5.76 Å². The summed E-state index contributed by atoms with van der Waals surface area (Å²) in [5.41, 5.74) is 3.04. The molecule has 152 valence electrons. The van der Waals surface area contributed by atoms with Gasteiger partial charge in [0.25, 0.3) is 0 Å². The predicted octanol–water partition coefficient (Wildman–Crippen LogP) is 3.60. The normalized spacial score (nSPS) is 16.3. The summed E-state index contributed by atoms with van der Waals surface area (Å²) in [5, 5.41) is 2.98. The summed E-state index contributed by atoms with van der Waals surface area (Å²) in [5.74, 6) is 0.765. The second kappa shape index (κ2) is 11.5. The third kappa shape index (κ3) is 7.33. The van der Waals surface area contributed by atoms with Crippen molar-refractivity contribution in [3.05, 3.63) is 66.0 Å². The van der Waals surface area contributed by atoms with Crippen molar-refractivity contribution in [2.24, 2.45) is 0 Å². The summed E-state index contributed by atoms with van der Waals surface area (Å²) in [6.07, 6.45) is 6.75. The summed E-state index contributed by atoms with van der Waals surface area (Å²) < 4.78 is 5.18. The SMILES string of the molecule is C=C(OC)C(=C\C)/C=C/CN1CCN(CCC(=O)Nc2cccc(C)c2)CC1. The number of methoxy groups -OCH3 is 1. The number of nitrogens with zero attached hydrogens (tertiary/aromatic N) is 2. The van der Waals surface area contributed by atoms with Gasteiger partial charge in [0.2, 0.25) is 5.91 Å². The number of piperazine rings is 1. The molecular weight excluding hydrogens is 350 g/mol. The molecule has 1 aromatic rings. The Balaban J connectivity index is 1.66. The maximum Gasteiger partial charge on any atom is 0.225 e. The molecule has 0 bridgehead atoms. The van der Waals surface area contributed by atoms with Gasteiger partial charge in [-0.05, 0) is 31.5 Å². The molecule has 28 heavy (non-hydrogen) atoms. The Labute approximate surface area is 169 Å². The molecule has 0 unspecified atom stereocenters. The molecule has 5 nitrogen and oxygen atoms in total. The molecule has 1 aromatic carbocycles. The van der Waals surface area contributed by atoms with Gasteiger partial charge < -0.3 is 15.0 Å². The van der Waals surface area contributed by atoms with E-state index < -0.39 is 0 Å². The van der Waals surface area contributed by atoms with Crippen molar-refractivity contribution in [3.63, 3.8) is 0 Å². The van der Waals surface area contributed by atoms with E-state index in [9.17, 15) is 4.79 Å². The van der Waals surface area contributed by atoms with Crippen LogP contribution in [0.1, 0.15) is 18.9 Å². The first-order valence-electron chi connectivity index (χ1n) is 9.89. The molecule has 0 saturated carbocycles. The molecule has 1 saturated heterocycles. The van der Waals surface area contributed by atoms with Gasteiger partial charge in [-0.15, -0.1) is 0 Å². The van der Waals surface area contributed by atoms with Gasteiger partial charge in [-0.25, -0.2) is 0 Å². The van der Waals surface area contributed by atoms with Crippen molar-refractivity contribution in [2.45, 2.75) is 20.3 Å². The predicted molar refractivity (Wildman–Crippen MR) is 116 cm³/mol. The number of carbonyl (C=O) groups is 1. The van der Waals surface area contributed by atoms with Crippen molar-refractivity contribution in [1.82, 2.24) is 9.80 Å². The number of aryl methyl sites for hydroxylation is 1. The van der Waals surface area contributed by atoms with Crippen molar-refractivity contribution in [2.75, 3.05) is 51.7 Å². The van der Waals surface area contributed by atoms with Gasteiger partial charge in [0.15, 0.2) is 0 Å². The van der Waals surface area contributed by atoms with Gasteiger partial charge in [-0.1, -0.05) is 36.9 Å². The average molecular weight is 384 g/mol. The molecular formula is C23H33N3O2. The maximum atomic E-state index is 12.2. The van der Waals surface area contributed by atoms with Crippen molar-refractivity contribution in [3.8, 4) is 0 Å². The zero-order valence-electron chi connectivity index (χ0n) is 17.4. The standard InChI is InChI=1S/C23H33N3O2/c1-5-21(20(3)28-4)9-7-12-25-14-16-26(17-15-25)13-11-23(27)24-22-10-6-8-19(2)18-22/h5-10,18H,3,11-17H2,1-2,4H3,(H,24,27)/b9-7+,21-5-. The van der Waals surface area contributed by atoms with Crippen LogP contribution in [0.4, 0.5) is 5.69 Å². The van der Waals surface area contributed by atoms with Crippen LogP contribution in [0.25, 0.3) is 0 Å². The van der Waals surface area contributed by atoms with Crippen LogP contribution in [0.3, 0.4) is 0 Å². The first-order chi connectivity index (χ1) is 13.5. The molecule has 1 fully saturated rings. The number of ether oxygens (including phenoxy) is 1. The molecule has 0 radical (unpaired) electrons. The summed E-state index contributed by atoms with van der Waals surface area (Å²) in [4.78, 5) is 16.9. The van der Waals surface area contributed by atoms with Crippen molar-refractivity contribution in [1.29, 1.82) is 0 Å². The molecule has 0 aromatic heterocycles. The summed E-state index contributed by atoms with van der Waals surface area (Å²) in [6.45, 7) is 13.6. The average Bonchev–Trinajstić information content (AvgIpc) is 2.70. The molecule has 0 spiro atoms. The quantitative estimate of drug-likeness (QED) is 0.523. The smallest absolute Gasteiger partial charge is 0.225 e. The molecule has 0 atom stereocenters. The van der Waals surface area contributed by atoms with Crippen LogP contribution < -0.4 is 5.32 Å². The minimum atomic E-state index is 0.0771. The Kier molecular flexibility index (Phi) is 8.98. The zero-order chi connectivity index (χ0) is 20.4. The largest absolute Gasteiger partial charge is 0.497 e. The molecule has 0 aliphatic carbocycles. The van der Waals surface area contributed by atoms with Crippen LogP contribution in [-0.2, 0) is 9.53 Å². The lowest BCUT2D eigenvalue weighted by Crippen LogP contribution is -2.46. The highest BCUT2D eigenvalue weighted by atomic mass is 16.5. The second-order valence-electron chi connectivity index (χ2n) is 7.08. The number of rotatable bonds is 9. The Morgan fingerprint density at radius 1 is 1.25 bits per heavy atom. The number of hydrogen-bond acceptors (Lipinski definition) is 4. The number of allylic oxidation sites excluding steroid dienone is 2. The fraction of sp³-hybridized carbons (Fsp3) is 0.435. The molecule has 5 heteroatoms. The number of nitrogens with one attached hydrogen (secondary N) is 1. The van der Waals surface area contributed by atoms with Gasteiger partial charge >= 0.3 is 0 Å². The third-order valence-corrected chi connectivity index (χ3v) is 4.96. The Bertz CT molecular complexity index is 716. The number of amides is 1. The number of anilines is 1. The van der Waals surface area contributed by atoms with Crippen molar-refractivity contribution < 1.29 is 9.53 Å². The van der Waals surface area contributed by atoms with E-state index in [0.29, 0.717) is 12.2 Å². The highest BCUT2D eigenvalue weighted by molar-refractivity contribution is 5.90. The topological polar surface area (TPSA) is 44.8 Å². The van der Waals surface area contributed by atoms with E-state index in [1.807, 2.05) is 44.2 Å².